The molecular formula is C28H42F2N4O. The molecule has 1 aromatic heterocycles. The molecule has 1 aliphatic carbocycles. The first-order valence-electron chi connectivity index (χ1n) is 12.9. The van der Waals surface area contributed by atoms with E-state index < -0.39 is 11.6 Å². The van der Waals surface area contributed by atoms with Gasteiger partial charge in [-0.1, -0.05) is 34.1 Å². The van der Waals surface area contributed by atoms with Crippen LogP contribution in [-0.2, 0) is 29.6 Å². The number of hydrogen-bond donors (Lipinski definition) is 2. The van der Waals surface area contributed by atoms with E-state index in [1.807, 2.05) is 12.5 Å². The average Bonchev–Trinajstić information content (AvgIpc) is 3.22. The van der Waals surface area contributed by atoms with E-state index in [9.17, 15) is 13.6 Å². The third-order valence-corrected chi connectivity index (χ3v) is 6.77. The molecule has 2 aromatic rings. The van der Waals surface area contributed by atoms with Gasteiger partial charge in [-0.3, -0.25) is 4.79 Å². The van der Waals surface area contributed by atoms with E-state index in [0.29, 0.717) is 18.4 Å². The summed E-state index contributed by atoms with van der Waals surface area (Å²) in [5.74, 6) is -0.916. The summed E-state index contributed by atoms with van der Waals surface area (Å²) in [7, 11) is 0. The van der Waals surface area contributed by atoms with E-state index in [-0.39, 0.29) is 35.2 Å². The van der Waals surface area contributed by atoms with Gasteiger partial charge in [-0.25, -0.2) is 13.8 Å². The van der Waals surface area contributed by atoms with Gasteiger partial charge in [-0.15, -0.1) is 0 Å². The molecule has 35 heavy (non-hydrogen) atoms. The number of nitrogens with one attached hydrogen (secondary N) is 2. The summed E-state index contributed by atoms with van der Waals surface area (Å²) in [5.41, 5.74) is 2.12. The van der Waals surface area contributed by atoms with Gasteiger partial charge in [0.1, 0.15) is 11.6 Å². The molecular weight excluding hydrogens is 446 g/mol. The van der Waals surface area contributed by atoms with Crippen LogP contribution in [0.15, 0.2) is 24.7 Å². The van der Waals surface area contributed by atoms with E-state index >= 15 is 0 Å². The summed E-state index contributed by atoms with van der Waals surface area (Å²) >= 11 is 0. The standard InChI is InChI=1S/C28H42F2N4O/c1-7-8-25(33-21-10-9-19-11-20(29)12-24(30)23(19)13-21)26(35)14-22-15-34(18-32-22)28(5,6)17-31-16-27(2,3)4/h11-12,15,18,21,25,31,33H,7-10,13-14,16-17H2,1-6H3/t21-,25?/m0/s1. The third-order valence-electron chi connectivity index (χ3n) is 6.77. The van der Waals surface area contributed by atoms with Crippen LogP contribution in [0.25, 0.3) is 0 Å². The molecule has 2 N–H and O–H groups in total. The first-order valence-corrected chi connectivity index (χ1v) is 12.9. The van der Waals surface area contributed by atoms with E-state index in [1.165, 1.54) is 6.07 Å². The van der Waals surface area contributed by atoms with Gasteiger partial charge < -0.3 is 15.2 Å². The molecule has 0 saturated heterocycles. The molecule has 0 saturated carbocycles. The van der Waals surface area contributed by atoms with Crippen LogP contribution in [0, 0.1) is 17.0 Å². The number of halogens is 2. The fraction of sp³-hybridized carbons (Fsp3) is 0.643. The number of fused-ring (bicyclic) bond motifs is 1. The van der Waals surface area contributed by atoms with Crippen LogP contribution < -0.4 is 10.6 Å². The normalized spacial score (nSPS) is 17.3. The van der Waals surface area contributed by atoms with Crippen molar-refractivity contribution in [2.75, 3.05) is 13.1 Å². The molecule has 1 aliphatic rings. The van der Waals surface area contributed by atoms with Crippen molar-refractivity contribution in [2.24, 2.45) is 5.41 Å². The summed E-state index contributed by atoms with van der Waals surface area (Å²) in [4.78, 5) is 17.7. The van der Waals surface area contributed by atoms with Crippen LogP contribution in [0.3, 0.4) is 0 Å². The maximum Gasteiger partial charge on any atom is 0.155 e. The summed E-state index contributed by atoms with van der Waals surface area (Å²) in [6, 6.07) is 2.07. The van der Waals surface area contributed by atoms with Crippen LogP contribution in [0.1, 0.15) is 77.6 Å². The Bertz CT molecular complexity index is 1010. The number of nitrogens with zero attached hydrogens (tertiary/aromatic N) is 2. The minimum atomic E-state index is -0.528. The van der Waals surface area contributed by atoms with Gasteiger partial charge in [0.05, 0.1) is 30.0 Å². The number of carbonyl (C=O) groups excluding carboxylic acids is 1. The Hall–Kier alpha value is -2.12. The SMILES string of the molecule is CCCC(N[C@H]1CCc2cc(F)cc(F)c2C1)C(=O)Cc1cn(C(C)(C)CNCC(C)(C)C)cn1. The van der Waals surface area contributed by atoms with Gasteiger partial charge in [0.2, 0.25) is 0 Å². The molecule has 0 spiro atoms. The molecule has 0 fully saturated rings. The van der Waals surface area contributed by atoms with E-state index in [0.717, 1.165) is 49.7 Å². The van der Waals surface area contributed by atoms with Crippen LogP contribution in [-0.4, -0.2) is 40.5 Å². The van der Waals surface area contributed by atoms with Crippen molar-refractivity contribution in [3.8, 4) is 0 Å². The van der Waals surface area contributed by atoms with E-state index in [4.69, 9.17) is 0 Å². The Labute approximate surface area is 209 Å². The summed E-state index contributed by atoms with van der Waals surface area (Å²) < 4.78 is 29.9. The zero-order chi connectivity index (χ0) is 25.8. The zero-order valence-corrected chi connectivity index (χ0v) is 22.2. The van der Waals surface area contributed by atoms with Crippen molar-refractivity contribution in [3.63, 3.8) is 0 Å². The Kier molecular flexibility index (Phi) is 8.86. The second kappa shape index (κ2) is 11.3. The summed E-state index contributed by atoms with van der Waals surface area (Å²) in [6.07, 6.45) is 7.47. The zero-order valence-electron chi connectivity index (χ0n) is 22.2. The predicted octanol–water partition coefficient (Wildman–Crippen LogP) is 4.96. The van der Waals surface area contributed by atoms with Gasteiger partial charge in [-0.2, -0.15) is 0 Å². The van der Waals surface area contributed by atoms with Gasteiger partial charge >= 0.3 is 0 Å². The number of Topliss-reactive ketones (excluding diaryl/α,β-unsaturated/α-hetero) is 1. The lowest BCUT2D eigenvalue weighted by Gasteiger charge is -2.30. The number of aromatic nitrogens is 2. The maximum absolute atomic E-state index is 14.3. The number of carbonyl (C=O) groups is 1. The molecule has 0 aliphatic heterocycles. The fourth-order valence-corrected chi connectivity index (χ4v) is 4.76. The quantitative estimate of drug-likeness (QED) is 0.469. The number of aryl methyl sites for hydroxylation is 1. The number of benzene rings is 1. The molecule has 0 amide bonds. The largest absolute Gasteiger partial charge is 0.330 e. The van der Waals surface area contributed by atoms with Gasteiger partial charge in [0, 0.05) is 31.4 Å². The van der Waals surface area contributed by atoms with Crippen molar-refractivity contribution in [2.45, 2.75) is 97.7 Å². The lowest BCUT2D eigenvalue weighted by Crippen LogP contribution is -2.46. The minimum absolute atomic E-state index is 0.00616. The first kappa shape index (κ1) is 27.5. The minimum Gasteiger partial charge on any atom is -0.330 e. The Morgan fingerprint density at radius 3 is 2.63 bits per heavy atom. The highest BCUT2D eigenvalue weighted by Crippen LogP contribution is 2.26. The second-order valence-electron chi connectivity index (χ2n) is 11.9. The average molecular weight is 489 g/mol. The Morgan fingerprint density at radius 2 is 1.94 bits per heavy atom. The number of imidazole rings is 1. The molecule has 7 heteroatoms. The van der Waals surface area contributed by atoms with Crippen LogP contribution in [0.4, 0.5) is 8.78 Å². The molecule has 194 valence electrons. The molecule has 2 atom stereocenters. The Balaban J connectivity index is 1.61. The number of hydrogen-bond acceptors (Lipinski definition) is 4. The molecule has 0 bridgehead atoms. The van der Waals surface area contributed by atoms with Crippen LogP contribution in [0.5, 0.6) is 0 Å². The van der Waals surface area contributed by atoms with Crippen molar-refractivity contribution in [1.29, 1.82) is 0 Å². The van der Waals surface area contributed by atoms with Crippen molar-refractivity contribution < 1.29 is 13.6 Å². The van der Waals surface area contributed by atoms with Crippen LogP contribution in [0.2, 0.25) is 0 Å². The monoisotopic (exact) mass is 488 g/mol. The second-order valence-corrected chi connectivity index (χ2v) is 11.9. The maximum atomic E-state index is 14.3. The number of ketones is 1. The lowest BCUT2D eigenvalue weighted by molar-refractivity contribution is -0.120. The lowest BCUT2D eigenvalue weighted by atomic mass is 9.87. The number of rotatable bonds is 11. The summed E-state index contributed by atoms with van der Waals surface area (Å²) in [5, 5.41) is 7.02. The van der Waals surface area contributed by atoms with Crippen molar-refractivity contribution >= 4 is 5.78 Å². The first-order chi connectivity index (χ1) is 16.4. The molecule has 1 unspecified atom stereocenters. The molecule has 5 nitrogen and oxygen atoms in total. The van der Waals surface area contributed by atoms with Gasteiger partial charge in [0.15, 0.2) is 5.78 Å². The molecule has 1 heterocycles. The van der Waals surface area contributed by atoms with Crippen LogP contribution >= 0.6 is 0 Å². The van der Waals surface area contributed by atoms with Crippen molar-refractivity contribution in [3.05, 3.63) is 53.1 Å². The van der Waals surface area contributed by atoms with Gasteiger partial charge in [-0.05, 0) is 62.1 Å². The molecule has 3 rings (SSSR count). The topological polar surface area (TPSA) is 59.0 Å². The smallest absolute Gasteiger partial charge is 0.155 e. The highest BCUT2D eigenvalue weighted by Gasteiger charge is 2.28. The third kappa shape index (κ3) is 7.68. The van der Waals surface area contributed by atoms with E-state index in [2.05, 4.69) is 61.7 Å². The molecule has 0 radical (unpaired) electrons. The van der Waals surface area contributed by atoms with Gasteiger partial charge in [0.25, 0.3) is 0 Å². The fourth-order valence-electron chi connectivity index (χ4n) is 4.76. The Morgan fingerprint density at radius 1 is 1.20 bits per heavy atom. The highest BCUT2D eigenvalue weighted by molar-refractivity contribution is 5.85. The predicted molar refractivity (Wildman–Crippen MR) is 137 cm³/mol. The van der Waals surface area contributed by atoms with Crippen molar-refractivity contribution in [1.82, 2.24) is 20.2 Å². The summed E-state index contributed by atoms with van der Waals surface area (Å²) in [6.45, 7) is 14.7. The highest BCUT2D eigenvalue weighted by atomic mass is 19.1. The van der Waals surface area contributed by atoms with E-state index in [1.54, 1.807) is 0 Å². The molecule has 1 aromatic carbocycles.